The molecule has 1 heterocycles. The van der Waals surface area contributed by atoms with E-state index in [1.165, 1.54) is 0 Å². The number of aromatic nitrogens is 1. The predicted molar refractivity (Wildman–Crippen MR) is 59.2 cm³/mol. The molecule has 1 aromatic rings. The highest BCUT2D eigenvalue weighted by atomic mass is 79.9. The van der Waals surface area contributed by atoms with Crippen molar-refractivity contribution < 1.29 is 4.79 Å². The first-order chi connectivity index (χ1) is 6.72. The van der Waals surface area contributed by atoms with E-state index < -0.39 is 0 Å². The Bertz CT molecular complexity index is 315. The van der Waals surface area contributed by atoms with Gasteiger partial charge in [-0.25, -0.2) is 0 Å². The number of pyridine rings is 1. The van der Waals surface area contributed by atoms with Gasteiger partial charge in [-0.1, -0.05) is 6.92 Å². The molecule has 1 N–H and O–H groups in total. The minimum Gasteiger partial charge on any atom is -0.310 e. The fraction of sp³-hybridized carbons (Fsp3) is 0.400. The van der Waals surface area contributed by atoms with E-state index in [0.717, 1.165) is 16.6 Å². The van der Waals surface area contributed by atoms with E-state index in [0.29, 0.717) is 13.0 Å². The molecule has 0 saturated carbocycles. The molecule has 0 fully saturated rings. The topological polar surface area (TPSA) is 42.0 Å². The average molecular weight is 257 g/mol. The molecule has 14 heavy (non-hydrogen) atoms. The third-order valence-electron chi connectivity index (χ3n) is 1.73. The van der Waals surface area contributed by atoms with Gasteiger partial charge in [-0.2, -0.15) is 0 Å². The summed E-state index contributed by atoms with van der Waals surface area (Å²) in [4.78, 5) is 15.4. The summed E-state index contributed by atoms with van der Waals surface area (Å²) in [5.74, 6) is 0.187. The highest BCUT2D eigenvalue weighted by Crippen LogP contribution is 2.09. The Morgan fingerprint density at radius 1 is 1.57 bits per heavy atom. The molecule has 0 aliphatic carbocycles. The third-order valence-corrected chi connectivity index (χ3v) is 2.17. The minimum atomic E-state index is 0.187. The van der Waals surface area contributed by atoms with Gasteiger partial charge in [0.2, 0.25) is 0 Å². The van der Waals surface area contributed by atoms with E-state index in [1.807, 2.05) is 13.0 Å². The molecule has 0 radical (unpaired) electrons. The van der Waals surface area contributed by atoms with Gasteiger partial charge in [0, 0.05) is 23.3 Å². The van der Waals surface area contributed by atoms with Crippen molar-refractivity contribution in [3.05, 3.63) is 28.5 Å². The van der Waals surface area contributed by atoms with Gasteiger partial charge in [-0.3, -0.25) is 9.78 Å². The van der Waals surface area contributed by atoms with Crippen molar-refractivity contribution in [2.24, 2.45) is 0 Å². The van der Waals surface area contributed by atoms with E-state index in [2.05, 4.69) is 26.2 Å². The number of likely N-dealkylation sites (N-methyl/N-ethyl adjacent to an activating group) is 1. The van der Waals surface area contributed by atoms with Crippen molar-refractivity contribution >= 4 is 21.7 Å². The second kappa shape index (κ2) is 5.88. The maximum absolute atomic E-state index is 11.4. The van der Waals surface area contributed by atoms with Crippen molar-refractivity contribution in [2.75, 3.05) is 13.1 Å². The number of hydrogen-bond donors (Lipinski definition) is 1. The molecule has 0 spiro atoms. The monoisotopic (exact) mass is 256 g/mol. The van der Waals surface area contributed by atoms with E-state index in [-0.39, 0.29) is 5.78 Å². The molecule has 1 rings (SSSR count). The molecule has 76 valence electrons. The summed E-state index contributed by atoms with van der Waals surface area (Å²) in [7, 11) is 0. The van der Waals surface area contributed by atoms with Crippen LogP contribution in [0, 0.1) is 0 Å². The Labute approximate surface area is 92.1 Å². The maximum atomic E-state index is 11.4. The van der Waals surface area contributed by atoms with Crippen molar-refractivity contribution in [2.45, 2.75) is 13.3 Å². The number of halogens is 1. The van der Waals surface area contributed by atoms with Crippen molar-refractivity contribution in [3.8, 4) is 0 Å². The SMILES string of the molecule is CCNCC(=O)Cc1cncc(Br)c1. The van der Waals surface area contributed by atoms with E-state index in [1.54, 1.807) is 12.4 Å². The smallest absolute Gasteiger partial charge is 0.151 e. The first kappa shape index (κ1) is 11.3. The summed E-state index contributed by atoms with van der Waals surface area (Å²) in [6.07, 6.45) is 3.87. The average Bonchev–Trinajstić information content (AvgIpc) is 2.15. The van der Waals surface area contributed by atoms with Crippen LogP contribution in [0.1, 0.15) is 12.5 Å². The van der Waals surface area contributed by atoms with Gasteiger partial charge in [0.05, 0.1) is 6.54 Å². The fourth-order valence-electron chi connectivity index (χ4n) is 1.11. The lowest BCUT2D eigenvalue weighted by Gasteiger charge is -2.01. The number of rotatable bonds is 5. The van der Waals surface area contributed by atoms with Gasteiger partial charge in [0.25, 0.3) is 0 Å². The molecule has 0 atom stereocenters. The van der Waals surface area contributed by atoms with Crippen molar-refractivity contribution in [1.29, 1.82) is 0 Å². The quantitative estimate of drug-likeness (QED) is 0.870. The highest BCUT2D eigenvalue weighted by molar-refractivity contribution is 9.10. The molecule has 3 nitrogen and oxygen atoms in total. The van der Waals surface area contributed by atoms with Gasteiger partial charge in [0.15, 0.2) is 5.78 Å². The minimum absolute atomic E-state index is 0.187. The van der Waals surface area contributed by atoms with Crippen LogP contribution in [-0.4, -0.2) is 23.9 Å². The lowest BCUT2D eigenvalue weighted by molar-refractivity contribution is -0.117. The second-order valence-electron chi connectivity index (χ2n) is 3.01. The van der Waals surface area contributed by atoms with Crippen LogP contribution in [0.25, 0.3) is 0 Å². The number of nitrogens with one attached hydrogen (secondary N) is 1. The van der Waals surface area contributed by atoms with Gasteiger partial charge in [-0.15, -0.1) is 0 Å². The van der Waals surface area contributed by atoms with Gasteiger partial charge in [-0.05, 0) is 34.1 Å². The summed E-state index contributed by atoms with van der Waals surface area (Å²) < 4.78 is 0.909. The summed E-state index contributed by atoms with van der Waals surface area (Å²) in [6.45, 7) is 3.24. The first-order valence-electron chi connectivity index (χ1n) is 4.54. The lowest BCUT2D eigenvalue weighted by Crippen LogP contribution is -2.23. The van der Waals surface area contributed by atoms with Gasteiger partial charge < -0.3 is 5.32 Å². The third kappa shape index (κ3) is 3.98. The molecule has 0 amide bonds. The molecule has 0 aliphatic rings. The largest absolute Gasteiger partial charge is 0.310 e. The second-order valence-corrected chi connectivity index (χ2v) is 3.92. The molecule has 0 aliphatic heterocycles. The van der Waals surface area contributed by atoms with Crippen molar-refractivity contribution in [3.63, 3.8) is 0 Å². The number of carbonyl (C=O) groups excluding carboxylic acids is 1. The molecule has 0 unspecified atom stereocenters. The van der Waals surface area contributed by atoms with E-state index in [9.17, 15) is 4.79 Å². The fourth-order valence-corrected chi connectivity index (χ4v) is 1.52. The molecule has 4 heteroatoms. The zero-order valence-corrected chi connectivity index (χ0v) is 9.67. The zero-order valence-electron chi connectivity index (χ0n) is 8.09. The van der Waals surface area contributed by atoms with E-state index in [4.69, 9.17) is 0 Å². The predicted octanol–water partition coefficient (Wildman–Crippen LogP) is 1.57. The summed E-state index contributed by atoms with van der Waals surface area (Å²) in [5, 5.41) is 3.00. The zero-order chi connectivity index (χ0) is 10.4. The summed E-state index contributed by atoms with van der Waals surface area (Å²) in [6, 6.07) is 1.91. The highest BCUT2D eigenvalue weighted by Gasteiger charge is 2.03. The summed E-state index contributed by atoms with van der Waals surface area (Å²) in [5.41, 5.74) is 0.947. The lowest BCUT2D eigenvalue weighted by atomic mass is 10.1. The van der Waals surface area contributed by atoms with Crippen molar-refractivity contribution in [1.82, 2.24) is 10.3 Å². The maximum Gasteiger partial charge on any atom is 0.151 e. The van der Waals surface area contributed by atoms with Gasteiger partial charge >= 0.3 is 0 Å². The van der Waals surface area contributed by atoms with Crippen LogP contribution in [0.5, 0.6) is 0 Å². The van der Waals surface area contributed by atoms with Crippen LogP contribution >= 0.6 is 15.9 Å². The Kier molecular flexibility index (Phi) is 4.76. The normalized spacial score (nSPS) is 10.1. The first-order valence-corrected chi connectivity index (χ1v) is 5.33. The number of Topliss-reactive ketones (excluding diaryl/α,β-unsaturated/α-hetero) is 1. The standard InChI is InChI=1S/C10H13BrN2O/c1-2-12-7-10(14)4-8-3-9(11)6-13-5-8/h3,5-6,12H,2,4,7H2,1H3. The van der Waals surface area contributed by atoms with Crippen LogP contribution < -0.4 is 5.32 Å². The molecule has 0 saturated heterocycles. The van der Waals surface area contributed by atoms with Crippen LogP contribution in [0.4, 0.5) is 0 Å². The Morgan fingerprint density at radius 2 is 2.36 bits per heavy atom. The Hall–Kier alpha value is -0.740. The Morgan fingerprint density at radius 3 is 3.00 bits per heavy atom. The Balaban J connectivity index is 2.47. The molecule has 0 bridgehead atoms. The molecule has 1 aromatic heterocycles. The van der Waals surface area contributed by atoms with Crippen LogP contribution in [-0.2, 0) is 11.2 Å². The summed E-state index contributed by atoms with van der Waals surface area (Å²) >= 11 is 3.32. The van der Waals surface area contributed by atoms with Crippen LogP contribution in [0.3, 0.4) is 0 Å². The molecular formula is C10H13BrN2O. The van der Waals surface area contributed by atoms with Crippen LogP contribution in [0.15, 0.2) is 22.9 Å². The number of ketones is 1. The number of hydrogen-bond acceptors (Lipinski definition) is 3. The number of carbonyl (C=O) groups is 1. The van der Waals surface area contributed by atoms with Crippen LogP contribution in [0.2, 0.25) is 0 Å². The molecule has 0 aromatic carbocycles. The number of nitrogens with zero attached hydrogens (tertiary/aromatic N) is 1. The molecular weight excluding hydrogens is 244 g/mol. The van der Waals surface area contributed by atoms with Gasteiger partial charge in [0.1, 0.15) is 0 Å². The van der Waals surface area contributed by atoms with E-state index >= 15 is 0 Å².